The number of imidazole rings is 1. The average molecular weight is 812 g/mol. The number of likely N-dealkylation sites (tertiary alicyclic amines) is 1. The topological polar surface area (TPSA) is 90.2 Å². The Morgan fingerprint density at radius 1 is 0.964 bits per heavy atom. The number of Topliss-reactive ketones (excluding diaryl/α,β-unsaturated/α-hetero) is 1. The third kappa shape index (κ3) is 7.38. The van der Waals surface area contributed by atoms with Gasteiger partial charge in [-0.3, -0.25) is 14.0 Å². The average Bonchev–Trinajstić information content (AvgIpc) is 3.77. The number of fused-ring (bicyclic) bond motifs is 1. The summed E-state index contributed by atoms with van der Waals surface area (Å²) >= 11 is 2.92. The van der Waals surface area contributed by atoms with Crippen molar-refractivity contribution in [2.75, 3.05) is 12.9 Å². The molecule has 1 fully saturated rings. The molecular formula is C43H50N3O5PS2Si. The Hall–Kier alpha value is -3.99. The Morgan fingerprint density at radius 3 is 1.96 bits per heavy atom. The number of nitrogens with zero attached hydrogens (tertiary/aromatic N) is 3. The maximum atomic E-state index is 15.3. The van der Waals surface area contributed by atoms with Gasteiger partial charge in [0.2, 0.25) is 5.91 Å². The van der Waals surface area contributed by atoms with E-state index in [4.69, 9.17) is 9.16 Å². The van der Waals surface area contributed by atoms with E-state index in [2.05, 4.69) is 45.4 Å². The highest BCUT2D eigenvalue weighted by Gasteiger charge is 2.59. The molecule has 0 spiro atoms. The predicted molar refractivity (Wildman–Crippen MR) is 232 cm³/mol. The molecule has 0 N–H and O–H groups in total. The minimum atomic E-state index is -3.19. The first kappa shape index (κ1) is 40.7. The Balaban J connectivity index is 1.66. The molecule has 288 valence electrons. The van der Waals surface area contributed by atoms with Crippen molar-refractivity contribution < 1.29 is 23.5 Å². The molecule has 0 saturated carbocycles. The SMILES string of the molecule is C=CCOC(=O)C(N1C(=O)[C@H]([C@H](C)O[Si](C)(C)C(C)(C)C)[C@H]1[C@@H](C)C(=O)c1cn2cnc(SC)c2s1)=P(c1ccccc1)(c1ccccc1)c1ccccc1. The van der Waals surface area contributed by atoms with Crippen molar-refractivity contribution in [3.8, 4) is 0 Å². The Morgan fingerprint density at radius 2 is 1.49 bits per heavy atom. The quantitative estimate of drug-likeness (QED) is 0.0214. The van der Waals surface area contributed by atoms with Gasteiger partial charge in [-0.15, -0.1) is 23.1 Å². The number of esters is 1. The molecule has 0 bridgehead atoms. The van der Waals surface area contributed by atoms with Gasteiger partial charge in [0.1, 0.15) is 28.2 Å². The standard InChI is InChI=1S/C43H50N3O5PS2Si/c1-10-26-50-42(49)40(52(31-20-14-11-15-21-31,32-22-16-12-17-23-32)33-24-18-13-19-25-33)46-36(35(39(46)48)30(3)51-55(8,9)43(4,5)6)29(2)37(47)34-27-45-28-44-38(53-7)41(45)54-34/h10-25,27-30,35-36H,1,26H2,2-9H3/t29-,30+,35-,36-/m1/s1. The van der Waals surface area contributed by atoms with Crippen LogP contribution in [0.5, 0.6) is 0 Å². The van der Waals surface area contributed by atoms with E-state index >= 15 is 9.59 Å². The van der Waals surface area contributed by atoms with Crippen LogP contribution in [0.15, 0.2) is 121 Å². The van der Waals surface area contributed by atoms with Crippen LogP contribution in [0.1, 0.15) is 44.3 Å². The molecule has 5 aromatic rings. The van der Waals surface area contributed by atoms with Gasteiger partial charge in [-0.05, 0) is 47.2 Å². The predicted octanol–water partition coefficient (Wildman–Crippen LogP) is 8.03. The summed E-state index contributed by atoms with van der Waals surface area (Å²) in [5, 5.41) is 3.36. The van der Waals surface area contributed by atoms with Crippen LogP contribution in [0, 0.1) is 11.8 Å². The van der Waals surface area contributed by atoms with E-state index in [0.717, 1.165) is 25.8 Å². The van der Waals surface area contributed by atoms with Crippen LogP contribution in [0.2, 0.25) is 18.1 Å². The highest BCUT2D eigenvalue weighted by Crippen LogP contribution is 2.51. The van der Waals surface area contributed by atoms with Crippen molar-refractivity contribution in [2.24, 2.45) is 11.8 Å². The molecule has 2 aromatic heterocycles. The molecule has 6 rings (SSSR count). The molecule has 8 nitrogen and oxygen atoms in total. The number of thiazole rings is 1. The van der Waals surface area contributed by atoms with Gasteiger partial charge in [0.15, 0.2) is 14.1 Å². The molecule has 12 heteroatoms. The largest absolute Gasteiger partial charge is 0.457 e. The number of thioether (sulfide) groups is 1. The zero-order valence-corrected chi connectivity index (χ0v) is 36.3. The number of β-lactam (4-membered cyclic amide) rings is 1. The van der Waals surface area contributed by atoms with Crippen LogP contribution < -0.4 is 15.9 Å². The highest BCUT2D eigenvalue weighted by molar-refractivity contribution is 7.98. The van der Waals surface area contributed by atoms with Gasteiger partial charge in [0.25, 0.3) is 0 Å². The monoisotopic (exact) mass is 811 g/mol. The van der Waals surface area contributed by atoms with Crippen molar-refractivity contribution in [3.63, 3.8) is 0 Å². The summed E-state index contributed by atoms with van der Waals surface area (Å²) < 4.78 is 14.8. The van der Waals surface area contributed by atoms with Crippen LogP contribution in [0.25, 0.3) is 4.83 Å². The number of hydrogen-bond donors (Lipinski definition) is 0. The number of ether oxygens (including phenoxy) is 1. The van der Waals surface area contributed by atoms with E-state index in [-0.39, 0.29) is 28.8 Å². The van der Waals surface area contributed by atoms with Crippen molar-refractivity contribution in [3.05, 3.63) is 121 Å². The molecule has 0 unspecified atom stereocenters. The molecule has 4 atom stereocenters. The third-order valence-electron chi connectivity index (χ3n) is 11.0. The van der Waals surface area contributed by atoms with Crippen LogP contribution in [0.3, 0.4) is 0 Å². The van der Waals surface area contributed by atoms with E-state index in [1.54, 1.807) is 11.2 Å². The summed E-state index contributed by atoms with van der Waals surface area (Å²) in [5.41, 5.74) is 0.233. The molecule has 3 aromatic carbocycles. The summed E-state index contributed by atoms with van der Waals surface area (Å²) in [6, 6.07) is 29.0. The molecule has 0 aliphatic carbocycles. The fourth-order valence-electron chi connectivity index (χ4n) is 7.28. The summed E-state index contributed by atoms with van der Waals surface area (Å²) in [5.74, 6) is -2.42. The normalized spacial score (nSPS) is 17.4. The van der Waals surface area contributed by atoms with E-state index < -0.39 is 45.2 Å². The van der Waals surface area contributed by atoms with Crippen LogP contribution in [-0.4, -0.2) is 70.7 Å². The highest BCUT2D eigenvalue weighted by atomic mass is 32.2. The summed E-state index contributed by atoms with van der Waals surface area (Å²) in [6.07, 6.45) is 6.50. The maximum absolute atomic E-state index is 15.3. The molecule has 1 amide bonds. The second-order valence-electron chi connectivity index (χ2n) is 15.4. The number of ketones is 1. The van der Waals surface area contributed by atoms with Gasteiger partial charge in [-0.1, -0.05) is 131 Å². The van der Waals surface area contributed by atoms with E-state index in [0.29, 0.717) is 4.88 Å². The van der Waals surface area contributed by atoms with Gasteiger partial charge in [-0.25, -0.2) is 9.78 Å². The lowest BCUT2D eigenvalue weighted by molar-refractivity contribution is -0.158. The molecule has 1 aliphatic rings. The fraction of sp³-hybridized carbons (Fsp3) is 0.326. The van der Waals surface area contributed by atoms with Gasteiger partial charge < -0.3 is 14.1 Å². The van der Waals surface area contributed by atoms with E-state index in [9.17, 15) is 4.79 Å². The maximum Gasteiger partial charge on any atom is 0.356 e. The van der Waals surface area contributed by atoms with Crippen molar-refractivity contribution in [1.29, 1.82) is 0 Å². The van der Waals surface area contributed by atoms with Gasteiger partial charge >= 0.3 is 5.97 Å². The number of carbonyl (C=O) groups is 3. The van der Waals surface area contributed by atoms with Crippen LogP contribution in [0.4, 0.5) is 0 Å². The molecular weight excluding hydrogens is 762 g/mol. The second kappa shape index (κ2) is 16.2. The first-order valence-electron chi connectivity index (χ1n) is 18.5. The number of aromatic nitrogens is 2. The number of rotatable bonds is 14. The molecule has 1 saturated heterocycles. The lowest BCUT2D eigenvalue weighted by Crippen LogP contribution is -2.71. The summed E-state index contributed by atoms with van der Waals surface area (Å²) in [4.78, 5) is 52.7. The second-order valence-corrected chi connectivity index (χ2v) is 25.3. The minimum Gasteiger partial charge on any atom is -0.457 e. The van der Waals surface area contributed by atoms with Gasteiger partial charge in [0.05, 0.1) is 22.9 Å². The van der Waals surface area contributed by atoms with Crippen molar-refractivity contribution >= 4 is 82.1 Å². The molecule has 55 heavy (non-hydrogen) atoms. The van der Waals surface area contributed by atoms with Crippen molar-refractivity contribution in [2.45, 2.75) is 69.9 Å². The fourth-order valence-corrected chi connectivity index (χ4v) is 14.9. The lowest BCUT2D eigenvalue weighted by Gasteiger charge is -2.54. The Bertz CT molecular complexity index is 2150. The molecule has 0 radical (unpaired) electrons. The number of benzene rings is 3. The molecule has 1 aliphatic heterocycles. The first-order chi connectivity index (χ1) is 26.2. The zero-order valence-electron chi connectivity index (χ0n) is 32.8. The smallest absolute Gasteiger partial charge is 0.356 e. The van der Waals surface area contributed by atoms with Crippen molar-refractivity contribution in [1.82, 2.24) is 14.3 Å². The minimum absolute atomic E-state index is 0.0516. The Labute approximate surface area is 334 Å². The van der Waals surface area contributed by atoms with E-state index in [1.165, 1.54) is 29.2 Å². The zero-order chi connectivity index (χ0) is 39.7. The van der Waals surface area contributed by atoms with Gasteiger partial charge in [-0.2, -0.15) is 0 Å². The number of hydrogen-bond acceptors (Lipinski definition) is 8. The lowest BCUT2D eigenvalue weighted by atomic mass is 9.75. The van der Waals surface area contributed by atoms with Crippen LogP contribution >= 0.6 is 30.0 Å². The first-order valence-corrected chi connectivity index (χ1v) is 25.2. The third-order valence-corrected chi connectivity index (χ3v) is 21.8. The molecule has 3 heterocycles. The van der Waals surface area contributed by atoms with Gasteiger partial charge in [0, 0.05) is 19.0 Å². The van der Waals surface area contributed by atoms with E-state index in [1.807, 2.05) is 122 Å². The van der Waals surface area contributed by atoms with Crippen LogP contribution in [-0.2, 0) is 18.8 Å². The Kier molecular flexibility index (Phi) is 12.0. The number of carbonyl (C=O) groups excluding carboxylic acids is 3. The summed E-state index contributed by atoms with van der Waals surface area (Å²) in [6.45, 7) is 15.2. The number of amides is 1. The summed E-state index contributed by atoms with van der Waals surface area (Å²) in [7, 11) is -2.37.